The van der Waals surface area contributed by atoms with Gasteiger partial charge in [0.2, 0.25) is 0 Å². The lowest BCUT2D eigenvalue weighted by atomic mass is 9.85. The highest BCUT2D eigenvalue weighted by atomic mass is 19.1. The molecule has 2 nitrogen and oxygen atoms in total. The maximum atomic E-state index is 14.6. The van der Waals surface area contributed by atoms with E-state index in [2.05, 4.69) is 0 Å². The molecule has 0 N–H and O–H groups in total. The summed E-state index contributed by atoms with van der Waals surface area (Å²) in [5, 5.41) is 0. The molecule has 0 saturated heterocycles. The van der Waals surface area contributed by atoms with E-state index < -0.39 is 23.5 Å². The SMILES string of the molecule is CC/C=C/C(=C\N(C)C)c1cc(F)c(C(C)C(C)C(C)=O)c(F)c1. The summed E-state index contributed by atoms with van der Waals surface area (Å²) in [6, 6.07) is 2.69. The minimum atomic E-state index is -0.611. The number of hydrogen-bond donors (Lipinski definition) is 0. The quantitative estimate of drug-likeness (QED) is 0.641. The van der Waals surface area contributed by atoms with E-state index in [-0.39, 0.29) is 11.3 Å². The Labute approximate surface area is 143 Å². The van der Waals surface area contributed by atoms with E-state index in [1.807, 2.05) is 44.3 Å². The van der Waals surface area contributed by atoms with Crippen LogP contribution >= 0.6 is 0 Å². The molecule has 0 amide bonds. The molecule has 2 unspecified atom stereocenters. The standard InChI is InChI=1S/C20H27F2NO/c1-7-8-9-16(12-23(5)6)17-10-18(21)20(19(22)11-17)14(3)13(2)15(4)24/h8-14H,7H2,1-6H3/b9-8+,16-12+. The number of carbonyl (C=O) groups is 1. The molecule has 4 heteroatoms. The third kappa shape index (κ3) is 5.02. The van der Waals surface area contributed by atoms with Crippen molar-refractivity contribution in [3.05, 3.63) is 53.2 Å². The van der Waals surface area contributed by atoms with Crippen LogP contribution in [0.2, 0.25) is 0 Å². The predicted octanol–water partition coefficient (Wildman–Crippen LogP) is 5.16. The van der Waals surface area contributed by atoms with E-state index in [1.54, 1.807) is 13.8 Å². The lowest BCUT2D eigenvalue weighted by Gasteiger charge is -2.20. The van der Waals surface area contributed by atoms with Gasteiger partial charge >= 0.3 is 0 Å². The first-order valence-electron chi connectivity index (χ1n) is 8.23. The summed E-state index contributed by atoms with van der Waals surface area (Å²) < 4.78 is 29.2. The zero-order chi connectivity index (χ0) is 18.4. The van der Waals surface area contributed by atoms with Gasteiger partial charge in [-0.2, -0.15) is 0 Å². The van der Waals surface area contributed by atoms with Crippen LogP contribution < -0.4 is 0 Å². The zero-order valence-electron chi connectivity index (χ0n) is 15.4. The van der Waals surface area contributed by atoms with Gasteiger partial charge in [-0.05, 0) is 42.5 Å². The fourth-order valence-electron chi connectivity index (χ4n) is 2.52. The number of carbonyl (C=O) groups excluding carboxylic acids is 1. The number of ketones is 1. The molecule has 0 heterocycles. The third-order valence-electron chi connectivity index (χ3n) is 4.19. The van der Waals surface area contributed by atoms with Crippen molar-refractivity contribution in [3.63, 3.8) is 0 Å². The molecule has 0 fully saturated rings. The Morgan fingerprint density at radius 2 is 1.75 bits per heavy atom. The molecule has 0 bridgehead atoms. The Bertz CT molecular complexity index is 624. The number of Topliss-reactive ketones (excluding diaryl/α,β-unsaturated/α-hetero) is 1. The fourth-order valence-corrected chi connectivity index (χ4v) is 2.52. The van der Waals surface area contributed by atoms with Crippen molar-refractivity contribution in [3.8, 4) is 0 Å². The van der Waals surface area contributed by atoms with Crippen molar-refractivity contribution >= 4 is 11.4 Å². The summed E-state index contributed by atoms with van der Waals surface area (Å²) in [4.78, 5) is 13.4. The van der Waals surface area contributed by atoms with Crippen molar-refractivity contribution in [2.45, 2.75) is 40.0 Å². The van der Waals surface area contributed by atoms with Gasteiger partial charge in [0.15, 0.2) is 0 Å². The predicted molar refractivity (Wildman–Crippen MR) is 95.7 cm³/mol. The minimum Gasteiger partial charge on any atom is -0.383 e. The van der Waals surface area contributed by atoms with Gasteiger partial charge in [-0.3, -0.25) is 4.79 Å². The second-order valence-corrected chi connectivity index (χ2v) is 6.40. The Kier molecular flexibility index (Phi) is 7.33. The molecule has 2 atom stereocenters. The summed E-state index contributed by atoms with van der Waals surface area (Å²) >= 11 is 0. The van der Waals surface area contributed by atoms with E-state index in [1.165, 1.54) is 19.1 Å². The first-order valence-corrected chi connectivity index (χ1v) is 8.23. The van der Waals surface area contributed by atoms with E-state index >= 15 is 0 Å². The lowest BCUT2D eigenvalue weighted by molar-refractivity contribution is -0.120. The number of allylic oxidation sites excluding steroid dienone is 3. The molecule has 0 aliphatic heterocycles. The molecular formula is C20H27F2NO. The molecule has 1 aromatic rings. The molecule has 0 aliphatic carbocycles. The highest BCUT2D eigenvalue weighted by Crippen LogP contribution is 2.32. The molecule has 0 saturated carbocycles. The summed E-state index contributed by atoms with van der Waals surface area (Å²) in [6.07, 6.45) is 6.46. The Morgan fingerprint density at radius 3 is 2.17 bits per heavy atom. The van der Waals surface area contributed by atoms with Gasteiger partial charge in [-0.1, -0.05) is 32.9 Å². The normalized spacial score (nSPS) is 14.8. The van der Waals surface area contributed by atoms with Crippen LogP contribution in [0.1, 0.15) is 51.2 Å². The van der Waals surface area contributed by atoms with Crippen molar-refractivity contribution in [2.24, 2.45) is 5.92 Å². The third-order valence-corrected chi connectivity index (χ3v) is 4.19. The second-order valence-electron chi connectivity index (χ2n) is 6.40. The van der Waals surface area contributed by atoms with E-state index in [0.29, 0.717) is 5.56 Å². The minimum absolute atomic E-state index is 0.0230. The van der Waals surface area contributed by atoms with Crippen LogP contribution in [0.5, 0.6) is 0 Å². The highest BCUT2D eigenvalue weighted by Gasteiger charge is 2.25. The maximum Gasteiger partial charge on any atom is 0.133 e. The molecule has 0 aliphatic rings. The van der Waals surface area contributed by atoms with Crippen LogP contribution in [-0.2, 0) is 4.79 Å². The van der Waals surface area contributed by atoms with Crippen LogP contribution in [0.3, 0.4) is 0 Å². The number of benzene rings is 1. The van der Waals surface area contributed by atoms with Gasteiger partial charge < -0.3 is 4.90 Å². The maximum absolute atomic E-state index is 14.6. The van der Waals surface area contributed by atoms with Gasteiger partial charge in [-0.15, -0.1) is 0 Å². The van der Waals surface area contributed by atoms with Gasteiger partial charge in [0, 0.05) is 31.8 Å². The van der Waals surface area contributed by atoms with Crippen LogP contribution in [0.25, 0.3) is 5.57 Å². The van der Waals surface area contributed by atoms with Crippen LogP contribution in [0.4, 0.5) is 8.78 Å². The number of halogens is 2. The molecule has 1 aromatic carbocycles. The van der Waals surface area contributed by atoms with Crippen LogP contribution in [-0.4, -0.2) is 24.8 Å². The number of nitrogens with zero attached hydrogens (tertiary/aromatic N) is 1. The Morgan fingerprint density at radius 1 is 1.21 bits per heavy atom. The van der Waals surface area contributed by atoms with E-state index in [0.717, 1.165) is 12.0 Å². The van der Waals surface area contributed by atoms with Crippen molar-refractivity contribution in [1.29, 1.82) is 0 Å². The molecule has 0 radical (unpaired) electrons. The van der Waals surface area contributed by atoms with Crippen LogP contribution in [0, 0.1) is 17.6 Å². The van der Waals surface area contributed by atoms with Gasteiger partial charge in [-0.25, -0.2) is 8.78 Å². The van der Waals surface area contributed by atoms with Crippen molar-refractivity contribution < 1.29 is 13.6 Å². The molecule has 24 heavy (non-hydrogen) atoms. The zero-order valence-corrected chi connectivity index (χ0v) is 15.4. The Hall–Kier alpha value is -1.97. The Balaban J connectivity index is 3.36. The van der Waals surface area contributed by atoms with Gasteiger partial charge in [0.1, 0.15) is 17.4 Å². The summed E-state index contributed by atoms with van der Waals surface area (Å²) in [5.74, 6) is -2.25. The topological polar surface area (TPSA) is 20.3 Å². The van der Waals surface area contributed by atoms with Crippen molar-refractivity contribution in [2.75, 3.05) is 14.1 Å². The van der Waals surface area contributed by atoms with E-state index in [9.17, 15) is 13.6 Å². The monoisotopic (exact) mass is 335 g/mol. The second kappa shape index (κ2) is 8.76. The molecule has 0 aromatic heterocycles. The summed E-state index contributed by atoms with van der Waals surface area (Å²) in [6.45, 7) is 6.82. The van der Waals surface area contributed by atoms with Gasteiger partial charge in [0.05, 0.1) is 0 Å². The molecular weight excluding hydrogens is 308 g/mol. The lowest BCUT2D eigenvalue weighted by Crippen LogP contribution is -2.17. The summed E-state index contributed by atoms with van der Waals surface area (Å²) in [5.41, 5.74) is 1.19. The number of rotatable bonds is 7. The first kappa shape index (κ1) is 20.1. The average molecular weight is 335 g/mol. The van der Waals surface area contributed by atoms with Gasteiger partial charge in [0.25, 0.3) is 0 Å². The average Bonchev–Trinajstić information content (AvgIpc) is 2.49. The summed E-state index contributed by atoms with van der Waals surface area (Å²) in [7, 11) is 3.72. The fraction of sp³-hybridized carbons (Fsp3) is 0.450. The van der Waals surface area contributed by atoms with Crippen molar-refractivity contribution in [1.82, 2.24) is 4.90 Å². The largest absolute Gasteiger partial charge is 0.383 e. The first-order chi connectivity index (χ1) is 11.2. The molecule has 0 spiro atoms. The smallest absolute Gasteiger partial charge is 0.133 e. The van der Waals surface area contributed by atoms with E-state index in [4.69, 9.17) is 0 Å². The molecule has 1 rings (SSSR count). The highest BCUT2D eigenvalue weighted by molar-refractivity contribution is 5.79. The molecule has 132 valence electrons. The van der Waals surface area contributed by atoms with Crippen LogP contribution in [0.15, 0.2) is 30.5 Å². The number of hydrogen-bond acceptors (Lipinski definition) is 2.